The number of primary amides is 1. The van der Waals surface area contributed by atoms with Crippen molar-refractivity contribution in [3.8, 4) is 0 Å². The van der Waals surface area contributed by atoms with Gasteiger partial charge in [0.2, 0.25) is 5.91 Å². The number of carbonyl (C=O) groups is 1. The van der Waals surface area contributed by atoms with Crippen molar-refractivity contribution >= 4 is 5.91 Å². The summed E-state index contributed by atoms with van der Waals surface area (Å²) in [6, 6.07) is 0. The maximum atomic E-state index is 10.3. The minimum atomic E-state index is -0.328. The summed E-state index contributed by atoms with van der Waals surface area (Å²) >= 11 is 0. The maximum Gasteiger partial charge on any atom is 0.219 e. The second kappa shape index (κ2) is 5.11. The standard InChI is InChI=1S/C8H15NO3.H2/c9-7(10)4-6-12-8-3-1-2-5-11-8;/h8H,1-6H2,(H2,9,10);1H. The predicted octanol–water partition coefficient (Wildman–Crippen LogP) is 0.651. The quantitative estimate of drug-likeness (QED) is 0.682. The fourth-order valence-electron chi connectivity index (χ4n) is 1.13. The van der Waals surface area contributed by atoms with Gasteiger partial charge >= 0.3 is 0 Å². The molecule has 12 heavy (non-hydrogen) atoms. The molecule has 1 aliphatic heterocycles. The van der Waals surface area contributed by atoms with E-state index in [9.17, 15) is 4.79 Å². The zero-order valence-electron chi connectivity index (χ0n) is 7.12. The first-order valence-electron chi connectivity index (χ1n) is 4.30. The third-order valence-electron chi connectivity index (χ3n) is 1.79. The molecular weight excluding hydrogens is 158 g/mol. The highest BCUT2D eigenvalue weighted by molar-refractivity contribution is 5.73. The second-order valence-corrected chi connectivity index (χ2v) is 2.88. The molecule has 1 amide bonds. The van der Waals surface area contributed by atoms with Gasteiger partial charge in [-0.05, 0) is 19.3 Å². The van der Waals surface area contributed by atoms with Gasteiger partial charge in [-0.1, -0.05) is 0 Å². The van der Waals surface area contributed by atoms with Crippen LogP contribution < -0.4 is 5.73 Å². The third-order valence-corrected chi connectivity index (χ3v) is 1.79. The molecule has 0 aromatic rings. The Morgan fingerprint density at radius 3 is 3.08 bits per heavy atom. The molecule has 0 spiro atoms. The Balaban J connectivity index is 0.00000144. The second-order valence-electron chi connectivity index (χ2n) is 2.88. The lowest BCUT2D eigenvalue weighted by Gasteiger charge is -2.22. The summed E-state index contributed by atoms with van der Waals surface area (Å²) in [7, 11) is 0. The van der Waals surface area contributed by atoms with Gasteiger partial charge < -0.3 is 15.2 Å². The molecular formula is C8H17NO3. The van der Waals surface area contributed by atoms with Crippen molar-refractivity contribution in [1.82, 2.24) is 0 Å². The van der Waals surface area contributed by atoms with E-state index in [4.69, 9.17) is 15.2 Å². The van der Waals surface area contributed by atoms with Gasteiger partial charge in [-0.2, -0.15) is 0 Å². The lowest BCUT2D eigenvalue weighted by atomic mass is 10.2. The average molecular weight is 175 g/mol. The Kier molecular flexibility index (Phi) is 4.04. The van der Waals surface area contributed by atoms with Crippen molar-refractivity contribution in [3.05, 3.63) is 0 Å². The summed E-state index contributed by atoms with van der Waals surface area (Å²) in [6.07, 6.45) is 3.34. The van der Waals surface area contributed by atoms with E-state index in [1.807, 2.05) is 0 Å². The molecule has 0 bridgehead atoms. The van der Waals surface area contributed by atoms with Crippen LogP contribution in [0.25, 0.3) is 0 Å². The summed E-state index contributed by atoms with van der Waals surface area (Å²) in [5, 5.41) is 0. The molecule has 1 heterocycles. The van der Waals surface area contributed by atoms with Crippen LogP contribution in [0.2, 0.25) is 0 Å². The number of hydrogen-bond donors (Lipinski definition) is 1. The fourth-order valence-corrected chi connectivity index (χ4v) is 1.13. The highest BCUT2D eigenvalue weighted by atomic mass is 16.7. The zero-order chi connectivity index (χ0) is 8.81. The summed E-state index contributed by atoms with van der Waals surface area (Å²) in [6.45, 7) is 1.14. The Morgan fingerprint density at radius 2 is 2.50 bits per heavy atom. The molecule has 1 fully saturated rings. The molecule has 0 radical (unpaired) electrons. The highest BCUT2D eigenvalue weighted by Crippen LogP contribution is 2.13. The smallest absolute Gasteiger partial charge is 0.219 e. The molecule has 0 aromatic carbocycles. The Labute approximate surface area is 73.5 Å². The van der Waals surface area contributed by atoms with E-state index in [2.05, 4.69) is 0 Å². The van der Waals surface area contributed by atoms with Crippen LogP contribution >= 0.6 is 0 Å². The molecule has 1 rings (SSSR count). The van der Waals surface area contributed by atoms with E-state index in [1.165, 1.54) is 0 Å². The summed E-state index contributed by atoms with van der Waals surface area (Å²) in [4.78, 5) is 10.3. The van der Waals surface area contributed by atoms with Crippen LogP contribution in [0, 0.1) is 0 Å². The lowest BCUT2D eigenvalue weighted by Crippen LogP contribution is -2.24. The molecule has 1 unspecified atom stereocenters. The van der Waals surface area contributed by atoms with Gasteiger partial charge in [0.05, 0.1) is 6.61 Å². The molecule has 0 aliphatic carbocycles. The average Bonchev–Trinajstić information content (AvgIpc) is 2.05. The molecule has 1 saturated heterocycles. The van der Waals surface area contributed by atoms with Gasteiger partial charge in [0, 0.05) is 14.5 Å². The van der Waals surface area contributed by atoms with Crippen molar-refractivity contribution in [2.24, 2.45) is 5.73 Å². The van der Waals surface area contributed by atoms with Crippen LogP contribution in [-0.2, 0) is 14.3 Å². The molecule has 1 aliphatic rings. The normalized spacial score (nSPS) is 23.8. The highest BCUT2D eigenvalue weighted by Gasteiger charge is 2.13. The van der Waals surface area contributed by atoms with Crippen molar-refractivity contribution in [2.45, 2.75) is 32.0 Å². The van der Waals surface area contributed by atoms with E-state index in [0.717, 1.165) is 25.9 Å². The summed E-state index contributed by atoms with van der Waals surface area (Å²) in [5.74, 6) is -0.328. The van der Waals surface area contributed by atoms with Gasteiger partial charge in [-0.15, -0.1) is 0 Å². The van der Waals surface area contributed by atoms with Crippen LogP contribution in [0.4, 0.5) is 0 Å². The molecule has 72 valence electrons. The molecule has 0 aromatic heterocycles. The number of amides is 1. The number of ether oxygens (including phenoxy) is 2. The Hall–Kier alpha value is -0.610. The van der Waals surface area contributed by atoms with Crippen LogP contribution in [-0.4, -0.2) is 25.4 Å². The first kappa shape index (κ1) is 9.48. The van der Waals surface area contributed by atoms with Crippen molar-refractivity contribution in [1.29, 1.82) is 0 Å². The van der Waals surface area contributed by atoms with Gasteiger partial charge in [0.1, 0.15) is 0 Å². The van der Waals surface area contributed by atoms with E-state index in [1.54, 1.807) is 0 Å². The number of rotatable bonds is 4. The molecule has 4 nitrogen and oxygen atoms in total. The van der Waals surface area contributed by atoms with Gasteiger partial charge in [0.25, 0.3) is 0 Å². The first-order valence-corrected chi connectivity index (χ1v) is 4.30. The topological polar surface area (TPSA) is 61.6 Å². The van der Waals surface area contributed by atoms with E-state index in [-0.39, 0.29) is 20.0 Å². The third kappa shape index (κ3) is 3.69. The van der Waals surface area contributed by atoms with Crippen molar-refractivity contribution < 1.29 is 15.7 Å². The maximum absolute atomic E-state index is 10.3. The number of hydrogen-bond acceptors (Lipinski definition) is 3. The summed E-state index contributed by atoms with van der Waals surface area (Å²) in [5.41, 5.74) is 4.95. The molecule has 0 saturated carbocycles. The monoisotopic (exact) mass is 175 g/mol. The largest absolute Gasteiger partial charge is 0.370 e. The van der Waals surface area contributed by atoms with Gasteiger partial charge in [0.15, 0.2) is 6.29 Å². The SMILES string of the molecule is NC(=O)CCOC1CCCCO1.[HH]. The van der Waals surface area contributed by atoms with E-state index >= 15 is 0 Å². The number of nitrogens with two attached hydrogens (primary N) is 1. The zero-order valence-corrected chi connectivity index (χ0v) is 7.12. The Bertz CT molecular complexity index is 148. The van der Waals surface area contributed by atoms with Crippen molar-refractivity contribution in [3.63, 3.8) is 0 Å². The van der Waals surface area contributed by atoms with Crippen LogP contribution in [0.1, 0.15) is 27.1 Å². The van der Waals surface area contributed by atoms with E-state index < -0.39 is 0 Å². The predicted molar refractivity (Wildman–Crippen MR) is 45.5 cm³/mol. The van der Waals surface area contributed by atoms with Crippen LogP contribution in [0.5, 0.6) is 0 Å². The minimum Gasteiger partial charge on any atom is -0.370 e. The van der Waals surface area contributed by atoms with Gasteiger partial charge in [-0.25, -0.2) is 0 Å². The Morgan fingerprint density at radius 1 is 1.67 bits per heavy atom. The van der Waals surface area contributed by atoms with Crippen molar-refractivity contribution in [2.75, 3.05) is 13.2 Å². The first-order chi connectivity index (χ1) is 5.79. The van der Waals surface area contributed by atoms with E-state index in [0.29, 0.717) is 6.61 Å². The molecule has 2 N–H and O–H groups in total. The van der Waals surface area contributed by atoms with Crippen LogP contribution in [0.15, 0.2) is 0 Å². The molecule has 1 atom stereocenters. The lowest BCUT2D eigenvalue weighted by molar-refractivity contribution is -0.164. The summed E-state index contributed by atoms with van der Waals surface area (Å²) < 4.78 is 10.6. The number of carbonyl (C=O) groups excluding carboxylic acids is 1. The van der Waals surface area contributed by atoms with Gasteiger partial charge in [-0.3, -0.25) is 4.79 Å². The minimum absolute atomic E-state index is 0. The molecule has 4 heteroatoms. The fraction of sp³-hybridized carbons (Fsp3) is 0.875. The van der Waals surface area contributed by atoms with Crippen LogP contribution in [0.3, 0.4) is 0 Å².